The minimum Gasteiger partial charge on any atom is -0.375 e. The summed E-state index contributed by atoms with van der Waals surface area (Å²) in [6, 6.07) is -0.614. The highest BCUT2D eigenvalue weighted by Crippen LogP contribution is 1.88. The van der Waals surface area contributed by atoms with Gasteiger partial charge in [0.25, 0.3) is 5.91 Å². The summed E-state index contributed by atoms with van der Waals surface area (Å²) in [5.41, 5.74) is 7.27. The van der Waals surface area contributed by atoms with Gasteiger partial charge in [0.1, 0.15) is 6.21 Å². The zero-order chi connectivity index (χ0) is 11.8. The number of thiol groups is 1. The SMILES string of the molecule is CC(=O)C(CS)NC(=O)/C=N\NC(N)=S. The van der Waals surface area contributed by atoms with Gasteiger partial charge in [0.15, 0.2) is 10.9 Å². The monoisotopic (exact) mass is 248 g/mol. The first-order valence-electron chi connectivity index (χ1n) is 3.97. The molecule has 0 heterocycles. The number of ketones is 1. The molecule has 1 atom stereocenters. The molecule has 0 bridgehead atoms. The number of hydrazone groups is 1. The Morgan fingerprint density at radius 3 is 2.67 bits per heavy atom. The van der Waals surface area contributed by atoms with Crippen molar-refractivity contribution in [3.8, 4) is 0 Å². The highest BCUT2D eigenvalue weighted by Gasteiger charge is 2.13. The molecule has 6 nitrogen and oxygen atoms in total. The second-order valence-electron chi connectivity index (χ2n) is 2.59. The first kappa shape index (κ1) is 13.8. The zero-order valence-electron chi connectivity index (χ0n) is 8.06. The van der Waals surface area contributed by atoms with Crippen molar-refractivity contribution in [2.24, 2.45) is 10.8 Å². The molecule has 15 heavy (non-hydrogen) atoms. The van der Waals surface area contributed by atoms with Gasteiger partial charge in [-0.05, 0) is 19.1 Å². The number of thiocarbonyl (C=S) groups is 1. The second-order valence-corrected chi connectivity index (χ2v) is 3.39. The van der Waals surface area contributed by atoms with Crippen LogP contribution in [0.25, 0.3) is 0 Å². The topological polar surface area (TPSA) is 96.6 Å². The summed E-state index contributed by atoms with van der Waals surface area (Å²) in [4.78, 5) is 22.1. The van der Waals surface area contributed by atoms with Crippen molar-refractivity contribution in [3.05, 3.63) is 0 Å². The predicted octanol–water partition coefficient (Wildman–Crippen LogP) is -1.19. The van der Waals surface area contributed by atoms with Crippen LogP contribution in [-0.2, 0) is 9.59 Å². The van der Waals surface area contributed by atoms with E-state index in [1.807, 2.05) is 0 Å². The number of carbonyl (C=O) groups is 2. The molecule has 0 aliphatic heterocycles. The zero-order valence-corrected chi connectivity index (χ0v) is 9.77. The Kier molecular flexibility index (Phi) is 6.63. The van der Waals surface area contributed by atoms with E-state index in [0.29, 0.717) is 0 Å². The normalized spacial score (nSPS) is 12.1. The number of amides is 1. The fourth-order valence-electron chi connectivity index (χ4n) is 0.639. The van der Waals surface area contributed by atoms with Gasteiger partial charge >= 0.3 is 0 Å². The smallest absolute Gasteiger partial charge is 0.264 e. The van der Waals surface area contributed by atoms with E-state index in [1.165, 1.54) is 6.92 Å². The number of nitrogens with zero attached hydrogens (tertiary/aromatic N) is 1. The van der Waals surface area contributed by atoms with E-state index >= 15 is 0 Å². The third kappa shape index (κ3) is 6.86. The lowest BCUT2D eigenvalue weighted by atomic mass is 10.2. The van der Waals surface area contributed by atoms with Gasteiger partial charge < -0.3 is 11.1 Å². The van der Waals surface area contributed by atoms with Crippen LogP contribution in [0.4, 0.5) is 0 Å². The van der Waals surface area contributed by atoms with Crippen molar-refractivity contribution in [2.75, 3.05) is 5.75 Å². The van der Waals surface area contributed by atoms with Crippen LogP contribution in [0.5, 0.6) is 0 Å². The molecule has 0 aromatic rings. The Morgan fingerprint density at radius 1 is 1.67 bits per heavy atom. The van der Waals surface area contributed by atoms with Crippen molar-refractivity contribution >= 4 is 47.9 Å². The van der Waals surface area contributed by atoms with Crippen LogP contribution in [0.15, 0.2) is 5.10 Å². The number of nitrogens with two attached hydrogens (primary N) is 1. The molecule has 0 spiro atoms. The molecule has 0 fully saturated rings. The third-order valence-corrected chi connectivity index (χ3v) is 1.80. The number of rotatable bonds is 5. The lowest BCUT2D eigenvalue weighted by molar-refractivity contribution is -0.122. The molecular weight excluding hydrogens is 236 g/mol. The lowest BCUT2D eigenvalue weighted by Gasteiger charge is -2.10. The summed E-state index contributed by atoms with van der Waals surface area (Å²) in [6.07, 6.45) is 0.943. The molecule has 0 aromatic carbocycles. The van der Waals surface area contributed by atoms with Gasteiger partial charge in [-0.15, -0.1) is 0 Å². The van der Waals surface area contributed by atoms with E-state index in [4.69, 9.17) is 5.73 Å². The molecule has 1 unspecified atom stereocenters. The molecule has 8 heteroatoms. The number of hydrogen-bond donors (Lipinski definition) is 4. The fourth-order valence-corrected chi connectivity index (χ4v) is 1.04. The number of hydrogen-bond acceptors (Lipinski definition) is 5. The van der Waals surface area contributed by atoms with E-state index in [1.54, 1.807) is 0 Å². The molecule has 84 valence electrons. The van der Waals surface area contributed by atoms with Crippen molar-refractivity contribution < 1.29 is 9.59 Å². The highest BCUT2D eigenvalue weighted by atomic mass is 32.1. The Bertz CT molecular complexity index is 293. The molecular formula is C7H12N4O2S2. The Hall–Kier alpha value is -1.15. The van der Waals surface area contributed by atoms with E-state index < -0.39 is 11.9 Å². The molecule has 0 saturated carbocycles. The standard InChI is InChI=1S/C7H12N4O2S2/c1-4(12)5(3-14)10-6(13)2-9-11-7(8)15/h2,5,14H,3H2,1H3,(H,10,13)(H3,8,11,15)/b9-2-. The summed E-state index contributed by atoms with van der Waals surface area (Å²) < 4.78 is 0. The molecule has 1 amide bonds. The molecule has 4 N–H and O–H groups in total. The minimum atomic E-state index is -0.614. The fraction of sp³-hybridized carbons (Fsp3) is 0.429. The van der Waals surface area contributed by atoms with Crippen LogP contribution in [-0.4, -0.2) is 34.8 Å². The number of carbonyl (C=O) groups excluding carboxylic acids is 2. The van der Waals surface area contributed by atoms with Crippen molar-refractivity contribution in [1.29, 1.82) is 0 Å². The van der Waals surface area contributed by atoms with Gasteiger partial charge in [-0.25, -0.2) is 0 Å². The summed E-state index contributed by atoms with van der Waals surface area (Å²) in [6.45, 7) is 1.37. The first-order valence-corrected chi connectivity index (χ1v) is 5.01. The van der Waals surface area contributed by atoms with Crippen LogP contribution < -0.4 is 16.5 Å². The lowest BCUT2D eigenvalue weighted by Crippen LogP contribution is -2.42. The maximum absolute atomic E-state index is 11.1. The van der Waals surface area contributed by atoms with Crippen LogP contribution >= 0.6 is 24.8 Å². The van der Waals surface area contributed by atoms with E-state index in [2.05, 4.69) is 40.7 Å². The van der Waals surface area contributed by atoms with Gasteiger partial charge in [0.2, 0.25) is 0 Å². The quantitative estimate of drug-likeness (QED) is 0.212. The predicted molar refractivity (Wildman–Crippen MR) is 64.9 cm³/mol. The molecule has 0 rings (SSSR count). The summed E-state index contributed by atoms with van der Waals surface area (Å²) in [5, 5.41) is 5.78. The Balaban J connectivity index is 4.07. The van der Waals surface area contributed by atoms with Gasteiger partial charge in [-0.1, -0.05) is 0 Å². The number of Topliss-reactive ketones (excluding diaryl/α,β-unsaturated/α-hetero) is 1. The van der Waals surface area contributed by atoms with Gasteiger partial charge in [-0.2, -0.15) is 17.7 Å². The first-order chi connectivity index (χ1) is 6.97. The Labute approximate surface area is 98.1 Å². The summed E-state index contributed by atoms with van der Waals surface area (Å²) in [7, 11) is 0. The average molecular weight is 248 g/mol. The highest BCUT2D eigenvalue weighted by molar-refractivity contribution is 7.80. The summed E-state index contributed by atoms with van der Waals surface area (Å²) >= 11 is 8.37. The number of nitrogens with one attached hydrogen (secondary N) is 2. The maximum Gasteiger partial charge on any atom is 0.264 e. The summed E-state index contributed by atoms with van der Waals surface area (Å²) in [5.74, 6) is -0.459. The van der Waals surface area contributed by atoms with Crippen molar-refractivity contribution in [2.45, 2.75) is 13.0 Å². The van der Waals surface area contributed by atoms with Crippen LogP contribution in [0.3, 0.4) is 0 Å². The van der Waals surface area contributed by atoms with Crippen LogP contribution in [0.2, 0.25) is 0 Å². The molecule has 0 aromatic heterocycles. The van der Waals surface area contributed by atoms with Gasteiger partial charge in [0.05, 0.1) is 6.04 Å². The van der Waals surface area contributed by atoms with Gasteiger partial charge in [-0.3, -0.25) is 15.0 Å². The Morgan fingerprint density at radius 2 is 2.27 bits per heavy atom. The maximum atomic E-state index is 11.1. The molecule has 0 radical (unpaired) electrons. The average Bonchev–Trinajstić information content (AvgIpc) is 2.13. The van der Waals surface area contributed by atoms with E-state index in [-0.39, 0.29) is 16.6 Å². The minimum absolute atomic E-state index is 0.0450. The van der Waals surface area contributed by atoms with E-state index in [9.17, 15) is 9.59 Å². The van der Waals surface area contributed by atoms with Crippen LogP contribution in [0, 0.1) is 0 Å². The molecule has 0 aliphatic carbocycles. The van der Waals surface area contributed by atoms with Crippen molar-refractivity contribution in [1.82, 2.24) is 10.7 Å². The largest absolute Gasteiger partial charge is 0.375 e. The van der Waals surface area contributed by atoms with Gasteiger partial charge in [0, 0.05) is 5.75 Å². The second kappa shape index (κ2) is 7.18. The van der Waals surface area contributed by atoms with Crippen LogP contribution in [0.1, 0.15) is 6.92 Å². The third-order valence-electron chi connectivity index (χ3n) is 1.35. The molecule has 0 aliphatic rings. The molecule has 0 saturated heterocycles. The van der Waals surface area contributed by atoms with E-state index in [0.717, 1.165) is 6.21 Å². The van der Waals surface area contributed by atoms with Crippen molar-refractivity contribution in [3.63, 3.8) is 0 Å².